The second kappa shape index (κ2) is 6.17. The first kappa shape index (κ1) is 19.0. The zero-order valence-electron chi connectivity index (χ0n) is 15.8. The van der Waals surface area contributed by atoms with Crippen molar-refractivity contribution in [2.45, 2.75) is 58.8 Å². The summed E-state index contributed by atoms with van der Waals surface area (Å²) in [5.41, 5.74) is 2.36. The van der Waals surface area contributed by atoms with Crippen molar-refractivity contribution >= 4 is 0 Å². The van der Waals surface area contributed by atoms with E-state index in [1.54, 1.807) is 12.1 Å². The molecule has 136 valence electrons. The van der Waals surface area contributed by atoms with Crippen LogP contribution in [0.15, 0.2) is 24.3 Å². The first-order valence-electron chi connectivity index (χ1n) is 8.42. The predicted octanol–water partition coefficient (Wildman–Crippen LogP) is 4.69. The lowest BCUT2D eigenvalue weighted by Gasteiger charge is -2.27. The van der Waals surface area contributed by atoms with E-state index in [4.69, 9.17) is 0 Å². The second-order valence-corrected chi connectivity index (χ2v) is 8.60. The smallest absolute Gasteiger partial charge is 0.161 e. The summed E-state index contributed by atoms with van der Waals surface area (Å²) in [5.74, 6) is -0.759. The summed E-state index contributed by atoms with van der Waals surface area (Å²) in [4.78, 5) is 0. The number of benzene rings is 2. The van der Waals surface area contributed by atoms with Crippen molar-refractivity contribution in [2.75, 3.05) is 0 Å². The van der Waals surface area contributed by atoms with Gasteiger partial charge in [0, 0.05) is 17.5 Å². The van der Waals surface area contributed by atoms with Crippen LogP contribution in [0.3, 0.4) is 0 Å². The van der Waals surface area contributed by atoms with Crippen molar-refractivity contribution in [1.82, 2.24) is 0 Å². The largest absolute Gasteiger partial charge is 0.504 e. The van der Waals surface area contributed by atoms with Gasteiger partial charge in [0.1, 0.15) is 0 Å². The number of hydrogen-bond donors (Lipinski definition) is 4. The maximum Gasteiger partial charge on any atom is 0.161 e. The Labute approximate surface area is 149 Å². The van der Waals surface area contributed by atoms with Crippen LogP contribution in [0, 0.1) is 0 Å². The number of aromatic hydroxyl groups is 4. The van der Waals surface area contributed by atoms with Crippen molar-refractivity contribution in [3.05, 3.63) is 46.5 Å². The molecule has 0 atom stereocenters. The van der Waals surface area contributed by atoms with Crippen LogP contribution in [0.4, 0.5) is 0 Å². The molecule has 0 fully saturated rings. The standard InChI is InChI=1S/C21H28O4/c1-20(2,3)14-7-9-16(22)18(24)12(14)11-13-15(21(4,5)6)8-10-17(23)19(13)25/h7-10,22-25H,11H2,1-6H3. The van der Waals surface area contributed by atoms with Gasteiger partial charge in [-0.05, 0) is 34.1 Å². The Morgan fingerprint density at radius 1 is 0.600 bits per heavy atom. The molecule has 0 aliphatic rings. The minimum Gasteiger partial charge on any atom is -0.504 e. The van der Waals surface area contributed by atoms with E-state index >= 15 is 0 Å². The zero-order chi connectivity index (χ0) is 19.2. The van der Waals surface area contributed by atoms with Crippen LogP contribution in [0.2, 0.25) is 0 Å². The average molecular weight is 344 g/mol. The molecule has 0 aliphatic carbocycles. The van der Waals surface area contributed by atoms with Crippen molar-refractivity contribution in [3.8, 4) is 23.0 Å². The SMILES string of the molecule is CC(C)(C)c1ccc(O)c(O)c1Cc1c(C(C)(C)C)ccc(O)c1O. The van der Waals surface area contributed by atoms with Gasteiger partial charge in [0.05, 0.1) is 0 Å². The highest BCUT2D eigenvalue weighted by atomic mass is 16.3. The lowest BCUT2D eigenvalue weighted by Crippen LogP contribution is -2.17. The van der Waals surface area contributed by atoms with Gasteiger partial charge in [0.2, 0.25) is 0 Å². The normalized spacial score (nSPS) is 12.4. The van der Waals surface area contributed by atoms with Crippen LogP contribution in [-0.4, -0.2) is 20.4 Å². The molecular weight excluding hydrogens is 316 g/mol. The summed E-state index contributed by atoms with van der Waals surface area (Å²) >= 11 is 0. The highest BCUT2D eigenvalue weighted by Gasteiger charge is 2.27. The van der Waals surface area contributed by atoms with Gasteiger partial charge in [-0.3, -0.25) is 0 Å². The average Bonchev–Trinajstić information content (AvgIpc) is 2.46. The molecule has 2 rings (SSSR count). The van der Waals surface area contributed by atoms with Gasteiger partial charge in [-0.1, -0.05) is 53.7 Å². The third-order valence-electron chi connectivity index (χ3n) is 4.49. The van der Waals surface area contributed by atoms with E-state index in [0.29, 0.717) is 11.1 Å². The zero-order valence-corrected chi connectivity index (χ0v) is 15.8. The number of phenolic OH excluding ortho intramolecular Hbond substituents is 4. The third-order valence-corrected chi connectivity index (χ3v) is 4.49. The van der Waals surface area contributed by atoms with Crippen molar-refractivity contribution in [1.29, 1.82) is 0 Å². The Balaban J connectivity index is 2.73. The van der Waals surface area contributed by atoms with Gasteiger partial charge in [0.25, 0.3) is 0 Å². The molecule has 2 aromatic carbocycles. The molecule has 4 nitrogen and oxygen atoms in total. The first-order chi connectivity index (χ1) is 11.3. The van der Waals surface area contributed by atoms with Crippen LogP contribution in [0.1, 0.15) is 63.8 Å². The van der Waals surface area contributed by atoms with Crippen molar-refractivity contribution < 1.29 is 20.4 Å². The Bertz CT molecular complexity index is 726. The summed E-state index contributed by atoms with van der Waals surface area (Å²) in [6, 6.07) is 6.54. The van der Waals surface area contributed by atoms with Gasteiger partial charge < -0.3 is 20.4 Å². The molecule has 0 heterocycles. The Morgan fingerprint density at radius 3 is 1.20 bits per heavy atom. The van der Waals surface area contributed by atoms with Crippen molar-refractivity contribution in [2.24, 2.45) is 0 Å². The van der Waals surface area contributed by atoms with Crippen LogP contribution in [-0.2, 0) is 17.3 Å². The molecule has 4 N–H and O–H groups in total. The van der Waals surface area contributed by atoms with Gasteiger partial charge in [-0.25, -0.2) is 0 Å². The minimum absolute atomic E-state index is 0.185. The molecule has 0 saturated carbocycles. The van der Waals surface area contributed by atoms with Crippen LogP contribution in [0.5, 0.6) is 23.0 Å². The summed E-state index contributed by atoms with van der Waals surface area (Å²) in [7, 11) is 0. The summed E-state index contributed by atoms with van der Waals surface area (Å²) < 4.78 is 0. The first-order valence-corrected chi connectivity index (χ1v) is 8.42. The summed E-state index contributed by atoms with van der Waals surface area (Å²) in [6.45, 7) is 12.1. The van der Waals surface area contributed by atoms with Crippen LogP contribution < -0.4 is 0 Å². The molecule has 2 aromatic rings. The van der Waals surface area contributed by atoms with Crippen molar-refractivity contribution in [3.63, 3.8) is 0 Å². The molecule has 25 heavy (non-hydrogen) atoms. The molecule has 0 aromatic heterocycles. The maximum atomic E-state index is 10.5. The van der Waals surface area contributed by atoms with E-state index in [9.17, 15) is 20.4 Å². The highest BCUT2D eigenvalue weighted by Crippen LogP contribution is 2.43. The van der Waals surface area contributed by atoms with E-state index in [1.807, 2.05) is 41.5 Å². The van der Waals surface area contributed by atoms with E-state index < -0.39 is 0 Å². The van der Waals surface area contributed by atoms with Gasteiger partial charge in [0.15, 0.2) is 23.0 Å². The minimum atomic E-state index is -0.255. The van der Waals surface area contributed by atoms with E-state index in [-0.39, 0.29) is 40.2 Å². The van der Waals surface area contributed by atoms with Gasteiger partial charge in [-0.15, -0.1) is 0 Å². The second-order valence-electron chi connectivity index (χ2n) is 8.60. The van der Waals surface area contributed by atoms with Gasteiger partial charge >= 0.3 is 0 Å². The monoisotopic (exact) mass is 344 g/mol. The molecular formula is C21H28O4. The van der Waals surface area contributed by atoms with E-state index in [2.05, 4.69) is 0 Å². The molecule has 0 unspecified atom stereocenters. The molecule has 4 heteroatoms. The van der Waals surface area contributed by atoms with E-state index in [0.717, 1.165) is 11.1 Å². The molecule has 0 saturated heterocycles. The fraction of sp³-hybridized carbons (Fsp3) is 0.429. The lowest BCUT2D eigenvalue weighted by molar-refractivity contribution is 0.391. The molecule has 0 amide bonds. The predicted molar refractivity (Wildman–Crippen MR) is 99.7 cm³/mol. The lowest BCUT2D eigenvalue weighted by atomic mass is 9.78. The molecule has 0 radical (unpaired) electrons. The molecule has 0 bridgehead atoms. The Morgan fingerprint density at radius 2 is 0.920 bits per heavy atom. The number of hydrogen-bond acceptors (Lipinski definition) is 4. The van der Waals surface area contributed by atoms with E-state index in [1.165, 1.54) is 12.1 Å². The Kier molecular flexibility index (Phi) is 4.69. The number of phenols is 4. The fourth-order valence-corrected chi connectivity index (χ4v) is 3.19. The van der Waals surface area contributed by atoms with Gasteiger partial charge in [-0.2, -0.15) is 0 Å². The van der Waals surface area contributed by atoms with Crippen LogP contribution in [0.25, 0.3) is 0 Å². The quantitative estimate of drug-likeness (QED) is 0.596. The molecule has 0 spiro atoms. The Hall–Kier alpha value is -2.36. The maximum absolute atomic E-state index is 10.5. The highest BCUT2D eigenvalue weighted by molar-refractivity contribution is 5.58. The summed E-state index contributed by atoms with van der Waals surface area (Å²) in [6.07, 6.45) is 0.208. The summed E-state index contributed by atoms with van der Waals surface area (Å²) in [5, 5.41) is 40.8. The molecule has 0 aliphatic heterocycles. The number of rotatable bonds is 2. The topological polar surface area (TPSA) is 80.9 Å². The fourth-order valence-electron chi connectivity index (χ4n) is 3.19. The van der Waals surface area contributed by atoms with Crippen LogP contribution >= 0.6 is 0 Å². The third kappa shape index (κ3) is 3.68.